The van der Waals surface area contributed by atoms with Crippen LogP contribution in [0.2, 0.25) is 0 Å². The van der Waals surface area contributed by atoms with Crippen LogP contribution in [0.5, 0.6) is 0 Å². The molecule has 3 heteroatoms. The molecule has 138 valence electrons. The quantitative estimate of drug-likeness (QED) is 0.368. The van der Waals surface area contributed by atoms with Gasteiger partial charge in [-0.1, -0.05) is 71.1 Å². The molecule has 1 amide bonds. The highest BCUT2D eigenvalue weighted by atomic mass is 16.2. The summed E-state index contributed by atoms with van der Waals surface area (Å²) in [6.07, 6.45) is 16.5. The number of carbonyl (C=O) groups excluding carboxylic acids is 1. The van der Waals surface area contributed by atoms with E-state index in [1.807, 2.05) is 11.9 Å². The number of nitrogens with zero attached hydrogens (tertiary/aromatic N) is 2. The molecule has 0 N–H and O–H groups in total. The lowest BCUT2D eigenvalue weighted by atomic mass is 10.1. The highest BCUT2D eigenvalue weighted by Gasteiger charge is 2.07. The van der Waals surface area contributed by atoms with Gasteiger partial charge in [0.25, 0.3) is 0 Å². The van der Waals surface area contributed by atoms with Gasteiger partial charge in [-0.15, -0.1) is 0 Å². The standard InChI is InChI=1S/C20H42N2O/c1-5-6-7-8-9-10-11-12-13-14-15-17-20(23)22(4)19-16-18-21(2)3/h5-19H2,1-4H3. The Hall–Kier alpha value is -0.570. The summed E-state index contributed by atoms with van der Waals surface area (Å²) >= 11 is 0. The summed E-state index contributed by atoms with van der Waals surface area (Å²) in [5, 5.41) is 0. The lowest BCUT2D eigenvalue weighted by Crippen LogP contribution is -2.29. The summed E-state index contributed by atoms with van der Waals surface area (Å²) in [5.41, 5.74) is 0. The highest BCUT2D eigenvalue weighted by Crippen LogP contribution is 2.12. The highest BCUT2D eigenvalue weighted by molar-refractivity contribution is 5.75. The lowest BCUT2D eigenvalue weighted by molar-refractivity contribution is -0.130. The first-order valence-electron chi connectivity index (χ1n) is 9.96. The maximum atomic E-state index is 12.0. The number of unbranched alkanes of at least 4 members (excludes halogenated alkanes) is 10. The molecule has 0 atom stereocenters. The van der Waals surface area contributed by atoms with Crippen molar-refractivity contribution in [2.24, 2.45) is 0 Å². The van der Waals surface area contributed by atoms with Crippen molar-refractivity contribution in [3.8, 4) is 0 Å². The Morgan fingerprint density at radius 1 is 0.652 bits per heavy atom. The van der Waals surface area contributed by atoms with Gasteiger partial charge in [0, 0.05) is 20.0 Å². The van der Waals surface area contributed by atoms with E-state index in [0.29, 0.717) is 5.91 Å². The molecule has 0 aliphatic heterocycles. The van der Waals surface area contributed by atoms with E-state index in [9.17, 15) is 4.79 Å². The summed E-state index contributed by atoms with van der Waals surface area (Å²) in [6.45, 7) is 4.21. The van der Waals surface area contributed by atoms with Crippen molar-refractivity contribution in [2.75, 3.05) is 34.2 Å². The number of rotatable bonds is 16. The van der Waals surface area contributed by atoms with Gasteiger partial charge in [0.2, 0.25) is 5.91 Å². The first-order valence-corrected chi connectivity index (χ1v) is 9.96. The predicted molar refractivity (Wildman–Crippen MR) is 102 cm³/mol. The smallest absolute Gasteiger partial charge is 0.222 e. The van der Waals surface area contributed by atoms with Gasteiger partial charge in [-0.25, -0.2) is 0 Å². The predicted octanol–water partition coefficient (Wildman–Crippen LogP) is 5.10. The molecular weight excluding hydrogens is 284 g/mol. The van der Waals surface area contributed by atoms with E-state index in [-0.39, 0.29) is 0 Å². The van der Waals surface area contributed by atoms with Crippen LogP contribution >= 0.6 is 0 Å². The first-order chi connectivity index (χ1) is 11.1. The van der Waals surface area contributed by atoms with Gasteiger partial charge < -0.3 is 9.80 Å². The Balaban J connectivity index is 3.31. The maximum absolute atomic E-state index is 12.0. The van der Waals surface area contributed by atoms with E-state index in [4.69, 9.17) is 0 Å². The normalized spacial score (nSPS) is 11.2. The molecule has 0 saturated heterocycles. The van der Waals surface area contributed by atoms with Crippen molar-refractivity contribution in [2.45, 2.75) is 90.4 Å². The van der Waals surface area contributed by atoms with Gasteiger partial charge in [0.1, 0.15) is 0 Å². The molecule has 0 saturated carbocycles. The van der Waals surface area contributed by atoms with Crippen molar-refractivity contribution in [1.82, 2.24) is 9.80 Å². The summed E-state index contributed by atoms with van der Waals surface area (Å²) in [7, 11) is 6.09. The number of carbonyl (C=O) groups is 1. The lowest BCUT2D eigenvalue weighted by Gasteiger charge is -2.18. The van der Waals surface area contributed by atoms with Crippen LogP contribution in [-0.4, -0.2) is 49.9 Å². The summed E-state index contributed by atoms with van der Waals surface area (Å²) in [6, 6.07) is 0. The third-order valence-corrected chi connectivity index (χ3v) is 4.52. The topological polar surface area (TPSA) is 23.6 Å². The molecule has 23 heavy (non-hydrogen) atoms. The maximum Gasteiger partial charge on any atom is 0.222 e. The Morgan fingerprint density at radius 2 is 1.13 bits per heavy atom. The molecule has 3 nitrogen and oxygen atoms in total. The van der Waals surface area contributed by atoms with Crippen molar-refractivity contribution in [3.63, 3.8) is 0 Å². The molecule has 0 spiro atoms. The van der Waals surface area contributed by atoms with Crippen LogP contribution in [0.15, 0.2) is 0 Å². The molecule has 0 fully saturated rings. The third-order valence-electron chi connectivity index (χ3n) is 4.52. The molecule has 0 bridgehead atoms. The minimum atomic E-state index is 0.319. The van der Waals surface area contributed by atoms with Crippen LogP contribution in [0.25, 0.3) is 0 Å². The molecule has 0 aromatic heterocycles. The molecule has 0 aromatic rings. The van der Waals surface area contributed by atoms with Crippen molar-refractivity contribution in [1.29, 1.82) is 0 Å². The van der Waals surface area contributed by atoms with E-state index >= 15 is 0 Å². The second-order valence-electron chi connectivity index (χ2n) is 7.26. The van der Waals surface area contributed by atoms with Gasteiger partial charge in [-0.05, 0) is 33.5 Å². The Kier molecular flexibility index (Phi) is 15.9. The molecule has 0 aliphatic rings. The Morgan fingerprint density at radius 3 is 1.61 bits per heavy atom. The summed E-state index contributed by atoms with van der Waals surface area (Å²) < 4.78 is 0. The van der Waals surface area contributed by atoms with Gasteiger partial charge in [0.05, 0.1) is 0 Å². The molecule has 0 aromatic carbocycles. The van der Waals surface area contributed by atoms with E-state index in [1.54, 1.807) is 0 Å². The van der Waals surface area contributed by atoms with E-state index in [1.165, 1.54) is 64.2 Å². The largest absolute Gasteiger partial charge is 0.346 e. The van der Waals surface area contributed by atoms with Gasteiger partial charge >= 0.3 is 0 Å². The number of hydrogen-bond acceptors (Lipinski definition) is 2. The molecule has 0 heterocycles. The fourth-order valence-electron chi connectivity index (χ4n) is 2.88. The summed E-state index contributed by atoms with van der Waals surface area (Å²) in [5.74, 6) is 0.319. The van der Waals surface area contributed by atoms with E-state index < -0.39 is 0 Å². The van der Waals surface area contributed by atoms with Crippen molar-refractivity contribution < 1.29 is 4.79 Å². The number of hydrogen-bond donors (Lipinski definition) is 0. The Labute approximate surface area is 145 Å². The monoisotopic (exact) mass is 326 g/mol. The zero-order chi connectivity index (χ0) is 17.3. The van der Waals surface area contributed by atoms with Crippen LogP contribution in [0.1, 0.15) is 90.4 Å². The first kappa shape index (κ1) is 22.4. The zero-order valence-electron chi connectivity index (χ0n) is 16.4. The molecule has 0 radical (unpaired) electrons. The minimum Gasteiger partial charge on any atom is -0.346 e. The van der Waals surface area contributed by atoms with E-state index in [0.717, 1.165) is 32.4 Å². The van der Waals surface area contributed by atoms with Crippen LogP contribution < -0.4 is 0 Å². The van der Waals surface area contributed by atoms with Crippen LogP contribution in [-0.2, 0) is 4.79 Å². The molecular formula is C20H42N2O. The Bertz CT molecular complexity index is 266. The third kappa shape index (κ3) is 16.1. The van der Waals surface area contributed by atoms with Crippen molar-refractivity contribution in [3.05, 3.63) is 0 Å². The number of amides is 1. The zero-order valence-corrected chi connectivity index (χ0v) is 16.4. The van der Waals surface area contributed by atoms with Gasteiger partial charge in [0.15, 0.2) is 0 Å². The minimum absolute atomic E-state index is 0.319. The molecule has 0 rings (SSSR count). The van der Waals surface area contributed by atoms with Crippen LogP contribution in [0, 0.1) is 0 Å². The summed E-state index contributed by atoms with van der Waals surface area (Å²) in [4.78, 5) is 16.1. The fourth-order valence-corrected chi connectivity index (χ4v) is 2.88. The van der Waals surface area contributed by atoms with Gasteiger partial charge in [-0.3, -0.25) is 4.79 Å². The second kappa shape index (κ2) is 16.3. The fraction of sp³-hybridized carbons (Fsp3) is 0.950. The average molecular weight is 327 g/mol. The molecule has 0 unspecified atom stereocenters. The average Bonchev–Trinajstić information content (AvgIpc) is 2.51. The SMILES string of the molecule is CCCCCCCCCCCCCC(=O)N(C)CCCN(C)C. The van der Waals surface area contributed by atoms with Crippen LogP contribution in [0.3, 0.4) is 0 Å². The van der Waals surface area contributed by atoms with Crippen molar-refractivity contribution >= 4 is 5.91 Å². The van der Waals surface area contributed by atoms with Crippen LogP contribution in [0.4, 0.5) is 0 Å². The second-order valence-corrected chi connectivity index (χ2v) is 7.26. The van der Waals surface area contributed by atoms with E-state index in [2.05, 4.69) is 25.9 Å². The van der Waals surface area contributed by atoms with Gasteiger partial charge in [-0.2, -0.15) is 0 Å². The molecule has 0 aliphatic carbocycles.